The van der Waals surface area contributed by atoms with Crippen molar-refractivity contribution < 1.29 is 12.8 Å². The van der Waals surface area contributed by atoms with Crippen LogP contribution in [0, 0.1) is 5.82 Å². The fourth-order valence-electron chi connectivity index (χ4n) is 5.13. The molecule has 164 valence electrons. The molecule has 0 aromatic heterocycles. The largest absolute Gasteiger partial charge is 0.344 e. The number of aliphatic imine (C=N–C) groups is 1. The molecule has 2 bridgehead atoms. The Balaban J connectivity index is 1.34. The summed E-state index contributed by atoms with van der Waals surface area (Å²) in [5, 5.41) is 4.78. The highest BCUT2D eigenvalue weighted by Crippen LogP contribution is 2.50. The Morgan fingerprint density at radius 1 is 1.20 bits per heavy atom. The number of sulfonamides is 1. The third-order valence-corrected chi connectivity index (χ3v) is 10.9. The van der Waals surface area contributed by atoms with Crippen molar-refractivity contribution in [2.24, 2.45) is 4.99 Å². The maximum absolute atomic E-state index is 13.2. The van der Waals surface area contributed by atoms with Gasteiger partial charge in [0.15, 0.2) is 0 Å². The van der Waals surface area contributed by atoms with Crippen molar-refractivity contribution in [1.82, 2.24) is 14.5 Å². The summed E-state index contributed by atoms with van der Waals surface area (Å²) in [7, 11) is -4.02. The summed E-state index contributed by atoms with van der Waals surface area (Å²) in [5.74, 6) is 0.563. The van der Waals surface area contributed by atoms with Gasteiger partial charge in [-0.1, -0.05) is 19.1 Å². The van der Waals surface area contributed by atoms with Crippen LogP contribution < -0.4 is 5.32 Å². The van der Waals surface area contributed by atoms with Crippen LogP contribution >= 0.6 is 10.9 Å². The lowest BCUT2D eigenvalue weighted by Crippen LogP contribution is -2.54. The fraction of sp³-hybridized carbons (Fsp3) is 0.571. The monoisotopic (exact) mass is 452 g/mol. The van der Waals surface area contributed by atoms with E-state index in [9.17, 15) is 12.8 Å². The van der Waals surface area contributed by atoms with Crippen molar-refractivity contribution in [2.45, 2.75) is 44.0 Å². The van der Waals surface area contributed by atoms with E-state index in [0.29, 0.717) is 37.2 Å². The Hall–Kier alpha value is -1.42. The quantitative estimate of drug-likeness (QED) is 0.689. The molecule has 3 unspecified atom stereocenters. The Morgan fingerprint density at radius 2 is 1.90 bits per heavy atom. The van der Waals surface area contributed by atoms with Gasteiger partial charge in [-0.05, 0) is 36.3 Å². The third-order valence-electron chi connectivity index (χ3n) is 6.64. The molecule has 4 heterocycles. The Bertz CT molecular complexity index is 977. The maximum Gasteiger partial charge on any atom is 0.218 e. The van der Waals surface area contributed by atoms with Crippen molar-refractivity contribution in [3.8, 4) is 0 Å². The highest BCUT2D eigenvalue weighted by atomic mass is 32.2. The van der Waals surface area contributed by atoms with Gasteiger partial charge in [-0.15, -0.1) is 0 Å². The van der Waals surface area contributed by atoms with E-state index in [4.69, 9.17) is 4.99 Å². The maximum atomic E-state index is 13.2. The molecule has 4 aliphatic rings. The third kappa shape index (κ3) is 3.59. The number of benzene rings is 1. The highest BCUT2D eigenvalue weighted by molar-refractivity contribution is 8.33. The van der Waals surface area contributed by atoms with Crippen LogP contribution in [0.15, 0.2) is 39.9 Å². The minimum Gasteiger partial charge on any atom is -0.344 e. The molecule has 3 atom stereocenters. The first-order valence-electron chi connectivity index (χ1n) is 10.8. The number of hydrogen-bond acceptors (Lipinski definition) is 5. The second-order valence-corrected chi connectivity index (χ2v) is 12.9. The molecule has 2 saturated heterocycles. The summed E-state index contributed by atoms with van der Waals surface area (Å²) in [6.07, 6.45) is 3.11. The van der Waals surface area contributed by atoms with E-state index in [1.165, 1.54) is 35.0 Å². The number of halogens is 1. The van der Waals surface area contributed by atoms with Crippen LogP contribution in [0.4, 0.5) is 4.39 Å². The molecule has 1 aromatic carbocycles. The number of hydrogen-bond donors (Lipinski definition) is 2. The van der Waals surface area contributed by atoms with Crippen molar-refractivity contribution in [3.05, 3.63) is 46.2 Å². The molecule has 0 radical (unpaired) electrons. The van der Waals surface area contributed by atoms with E-state index in [1.807, 2.05) is 0 Å². The first-order valence-corrected chi connectivity index (χ1v) is 13.9. The summed E-state index contributed by atoms with van der Waals surface area (Å²) in [6.45, 7) is 5.16. The summed E-state index contributed by atoms with van der Waals surface area (Å²) < 4.78 is 40.9. The summed E-state index contributed by atoms with van der Waals surface area (Å²) in [4.78, 5) is 8.91. The van der Waals surface area contributed by atoms with Crippen LogP contribution in [0.25, 0.3) is 0 Å². The number of fused-ring (bicyclic) bond motifs is 2. The zero-order chi connectivity index (χ0) is 20.9. The molecule has 1 N–H and O–H groups in total. The van der Waals surface area contributed by atoms with Gasteiger partial charge in [0.25, 0.3) is 0 Å². The molecule has 9 heteroatoms. The zero-order valence-electron chi connectivity index (χ0n) is 17.2. The number of rotatable bonds is 4. The Morgan fingerprint density at radius 3 is 2.57 bits per heavy atom. The molecular weight excluding hydrogens is 423 g/mol. The standard InChI is InChI=1S/C21H29FN4O2S2/c1-2-29-20-13-25(30(27,28)14-15-3-5-16(22)6-4-15)10-9-19(20)24-21(29)26-17-7-8-18(26)12-23-11-17/h3-6,17-18,23,29H,2,7-14H2,1H3. The molecule has 0 amide bonds. The van der Waals surface area contributed by atoms with Crippen molar-refractivity contribution in [1.29, 1.82) is 0 Å². The van der Waals surface area contributed by atoms with Crippen LogP contribution in [0.1, 0.15) is 31.7 Å². The number of thiol groups is 1. The molecule has 5 rings (SSSR count). The van der Waals surface area contributed by atoms with Crippen LogP contribution in [-0.4, -0.2) is 66.8 Å². The molecule has 1 aromatic rings. The van der Waals surface area contributed by atoms with Gasteiger partial charge in [-0.3, -0.25) is 0 Å². The summed E-state index contributed by atoms with van der Waals surface area (Å²) >= 11 is 0. The Kier molecular flexibility index (Phi) is 5.41. The zero-order valence-corrected chi connectivity index (χ0v) is 18.9. The van der Waals surface area contributed by atoms with Crippen LogP contribution in [0.5, 0.6) is 0 Å². The average Bonchev–Trinajstić information content (AvgIpc) is 3.21. The van der Waals surface area contributed by atoms with Gasteiger partial charge in [0.2, 0.25) is 10.0 Å². The second-order valence-electron chi connectivity index (χ2n) is 8.47. The molecule has 2 fully saturated rings. The van der Waals surface area contributed by atoms with Gasteiger partial charge in [0.1, 0.15) is 11.0 Å². The van der Waals surface area contributed by atoms with Gasteiger partial charge in [-0.2, -0.15) is 15.2 Å². The first-order chi connectivity index (χ1) is 14.5. The number of nitrogens with one attached hydrogen (secondary N) is 1. The van der Waals surface area contributed by atoms with E-state index < -0.39 is 20.9 Å². The lowest BCUT2D eigenvalue weighted by Gasteiger charge is -2.40. The molecule has 0 spiro atoms. The van der Waals surface area contributed by atoms with Crippen molar-refractivity contribution in [2.75, 3.05) is 31.9 Å². The van der Waals surface area contributed by atoms with E-state index >= 15 is 0 Å². The predicted molar refractivity (Wildman–Crippen MR) is 121 cm³/mol. The smallest absolute Gasteiger partial charge is 0.218 e. The lowest BCUT2D eigenvalue weighted by atomic mass is 10.2. The van der Waals surface area contributed by atoms with Gasteiger partial charge in [0.05, 0.1) is 11.4 Å². The van der Waals surface area contributed by atoms with Gasteiger partial charge < -0.3 is 10.2 Å². The van der Waals surface area contributed by atoms with Crippen LogP contribution in [-0.2, 0) is 15.8 Å². The molecule has 30 heavy (non-hydrogen) atoms. The fourth-order valence-corrected chi connectivity index (χ4v) is 9.28. The minimum atomic E-state index is -3.46. The molecule has 4 aliphatic heterocycles. The van der Waals surface area contributed by atoms with Crippen molar-refractivity contribution >= 4 is 26.1 Å². The van der Waals surface area contributed by atoms with Crippen LogP contribution in [0.2, 0.25) is 0 Å². The lowest BCUT2D eigenvalue weighted by molar-refractivity contribution is 0.257. The minimum absolute atomic E-state index is 0.0877. The second kappa shape index (κ2) is 7.93. The van der Waals surface area contributed by atoms with Crippen molar-refractivity contribution in [3.63, 3.8) is 0 Å². The average molecular weight is 453 g/mol. The van der Waals surface area contributed by atoms with E-state index in [1.54, 1.807) is 16.4 Å². The molecule has 0 aliphatic carbocycles. The highest BCUT2D eigenvalue weighted by Gasteiger charge is 2.43. The van der Waals surface area contributed by atoms with Gasteiger partial charge in [0, 0.05) is 49.6 Å². The SMILES string of the molecule is CC[SH]1C(N2C3CCC2CNC3)=NC2=C1CN(S(=O)(=O)Cc1ccc(F)cc1)CC2. The molecule has 6 nitrogen and oxygen atoms in total. The molecular formula is C21H29FN4O2S2. The number of nitrogens with zero attached hydrogens (tertiary/aromatic N) is 3. The topological polar surface area (TPSA) is 65.0 Å². The molecule has 0 saturated carbocycles. The van der Waals surface area contributed by atoms with E-state index in [-0.39, 0.29) is 11.6 Å². The Labute approximate surface area is 180 Å². The first kappa shape index (κ1) is 20.5. The van der Waals surface area contributed by atoms with E-state index in [0.717, 1.165) is 24.5 Å². The van der Waals surface area contributed by atoms with Gasteiger partial charge >= 0.3 is 0 Å². The number of piperazine rings is 1. The summed E-state index contributed by atoms with van der Waals surface area (Å²) in [6, 6.07) is 6.79. The predicted octanol–water partition coefficient (Wildman–Crippen LogP) is 2.40. The summed E-state index contributed by atoms with van der Waals surface area (Å²) in [5.41, 5.74) is 1.75. The van der Waals surface area contributed by atoms with Crippen LogP contribution in [0.3, 0.4) is 0 Å². The van der Waals surface area contributed by atoms with E-state index in [2.05, 4.69) is 17.1 Å². The number of amidine groups is 1. The van der Waals surface area contributed by atoms with Gasteiger partial charge in [-0.25, -0.2) is 17.8 Å². The normalized spacial score (nSPS) is 30.5.